The van der Waals surface area contributed by atoms with Gasteiger partial charge in [0, 0.05) is 34.6 Å². The molecule has 0 aliphatic heterocycles. The van der Waals surface area contributed by atoms with Gasteiger partial charge in [-0.1, -0.05) is 0 Å². The molecule has 1 aromatic heterocycles. The molecule has 1 aromatic carbocycles. The molecule has 0 bridgehead atoms. The number of nitrogens with one attached hydrogen (secondary N) is 2. The van der Waals surface area contributed by atoms with Gasteiger partial charge < -0.3 is 10.6 Å². The fourth-order valence-electron chi connectivity index (χ4n) is 2.20. The van der Waals surface area contributed by atoms with Crippen molar-refractivity contribution >= 4 is 22.9 Å². The molecule has 0 unspecified atom stereocenters. The summed E-state index contributed by atoms with van der Waals surface area (Å²) in [5.41, 5.74) is 4.18. The molecule has 1 heterocycles. The van der Waals surface area contributed by atoms with Crippen molar-refractivity contribution < 1.29 is 4.79 Å². The molecular weight excluding hydrogens is 268 g/mol. The molecule has 4 heteroatoms. The van der Waals surface area contributed by atoms with Crippen LogP contribution >= 0.6 is 11.3 Å². The normalized spacial score (nSPS) is 10.4. The number of thiophene rings is 1. The van der Waals surface area contributed by atoms with Crippen LogP contribution in [-0.4, -0.2) is 13.0 Å². The number of benzene rings is 1. The van der Waals surface area contributed by atoms with Crippen LogP contribution in [0.25, 0.3) is 0 Å². The first-order chi connectivity index (χ1) is 9.51. The van der Waals surface area contributed by atoms with Gasteiger partial charge in [0.1, 0.15) is 0 Å². The van der Waals surface area contributed by atoms with E-state index in [0.29, 0.717) is 5.56 Å². The molecule has 0 atom stereocenters. The summed E-state index contributed by atoms with van der Waals surface area (Å²) in [6.07, 6.45) is 0. The molecule has 0 aliphatic carbocycles. The molecule has 0 radical (unpaired) electrons. The van der Waals surface area contributed by atoms with Gasteiger partial charge in [-0.15, -0.1) is 11.3 Å². The van der Waals surface area contributed by atoms with Crippen LogP contribution in [0, 0.1) is 20.8 Å². The fourth-order valence-corrected chi connectivity index (χ4v) is 3.14. The summed E-state index contributed by atoms with van der Waals surface area (Å²) < 4.78 is 0. The predicted molar refractivity (Wildman–Crippen MR) is 85.7 cm³/mol. The molecule has 2 N–H and O–H groups in total. The molecule has 0 saturated heterocycles. The van der Waals surface area contributed by atoms with Gasteiger partial charge in [-0.25, -0.2) is 0 Å². The average Bonchev–Trinajstić information content (AvgIpc) is 2.74. The monoisotopic (exact) mass is 288 g/mol. The summed E-state index contributed by atoms with van der Waals surface area (Å²) in [4.78, 5) is 14.3. The Kier molecular flexibility index (Phi) is 4.45. The largest absolute Gasteiger partial charge is 0.381 e. The number of anilines is 1. The molecule has 2 aromatic rings. The lowest BCUT2D eigenvalue weighted by molar-refractivity contribution is 0.0963. The average molecular weight is 288 g/mol. The Hall–Kier alpha value is -1.81. The quantitative estimate of drug-likeness (QED) is 0.901. The van der Waals surface area contributed by atoms with E-state index in [2.05, 4.69) is 30.5 Å². The maximum absolute atomic E-state index is 11.6. The number of carbonyl (C=O) groups is 1. The molecule has 2 rings (SSSR count). The Morgan fingerprint density at radius 1 is 1.20 bits per heavy atom. The molecule has 20 heavy (non-hydrogen) atoms. The highest BCUT2D eigenvalue weighted by atomic mass is 32.1. The van der Waals surface area contributed by atoms with Gasteiger partial charge in [-0.2, -0.15) is 0 Å². The Bertz CT molecular complexity index is 631. The zero-order chi connectivity index (χ0) is 14.7. The molecule has 1 amide bonds. The van der Waals surface area contributed by atoms with Crippen molar-refractivity contribution in [3.05, 3.63) is 50.7 Å². The smallest absolute Gasteiger partial charge is 0.251 e. The first-order valence-corrected chi connectivity index (χ1v) is 7.45. The Morgan fingerprint density at radius 2 is 1.95 bits per heavy atom. The SMILES string of the molecule is CNC(=O)c1ccc(NCc2cc(C)sc2C)c(C)c1. The highest BCUT2D eigenvalue weighted by Gasteiger charge is 2.07. The third-order valence-corrected chi connectivity index (χ3v) is 4.34. The van der Waals surface area contributed by atoms with E-state index in [9.17, 15) is 4.79 Å². The van der Waals surface area contributed by atoms with Crippen LogP contribution in [0.1, 0.15) is 31.2 Å². The van der Waals surface area contributed by atoms with Gasteiger partial charge in [0.05, 0.1) is 0 Å². The second-order valence-electron chi connectivity index (χ2n) is 4.90. The van der Waals surface area contributed by atoms with Gasteiger partial charge in [-0.05, 0) is 56.2 Å². The van der Waals surface area contributed by atoms with Crippen LogP contribution in [-0.2, 0) is 6.54 Å². The van der Waals surface area contributed by atoms with E-state index in [-0.39, 0.29) is 5.91 Å². The van der Waals surface area contributed by atoms with Gasteiger partial charge >= 0.3 is 0 Å². The number of hydrogen-bond donors (Lipinski definition) is 2. The minimum atomic E-state index is -0.0519. The van der Waals surface area contributed by atoms with Gasteiger partial charge in [0.25, 0.3) is 5.91 Å². The maximum atomic E-state index is 11.6. The van der Waals surface area contributed by atoms with E-state index < -0.39 is 0 Å². The van der Waals surface area contributed by atoms with Crippen LogP contribution in [0.4, 0.5) is 5.69 Å². The van der Waals surface area contributed by atoms with E-state index in [1.165, 1.54) is 15.3 Å². The van der Waals surface area contributed by atoms with Crippen molar-refractivity contribution in [1.29, 1.82) is 0 Å². The summed E-state index contributed by atoms with van der Waals surface area (Å²) >= 11 is 1.82. The second-order valence-corrected chi connectivity index (χ2v) is 6.36. The van der Waals surface area contributed by atoms with Crippen molar-refractivity contribution in [2.45, 2.75) is 27.3 Å². The zero-order valence-corrected chi connectivity index (χ0v) is 13.1. The molecule has 0 fully saturated rings. The summed E-state index contributed by atoms with van der Waals surface area (Å²) in [6, 6.07) is 7.95. The van der Waals surface area contributed by atoms with Crippen molar-refractivity contribution in [3.8, 4) is 0 Å². The highest BCUT2D eigenvalue weighted by Crippen LogP contribution is 2.23. The van der Waals surface area contributed by atoms with Crippen LogP contribution in [0.2, 0.25) is 0 Å². The molecule has 0 aliphatic rings. The number of carbonyl (C=O) groups excluding carboxylic acids is 1. The van der Waals surface area contributed by atoms with Crippen LogP contribution < -0.4 is 10.6 Å². The third-order valence-electron chi connectivity index (χ3n) is 3.33. The van der Waals surface area contributed by atoms with Crippen molar-refractivity contribution in [2.24, 2.45) is 0 Å². The number of amides is 1. The van der Waals surface area contributed by atoms with E-state index in [0.717, 1.165) is 17.8 Å². The molecule has 0 saturated carbocycles. The van der Waals surface area contributed by atoms with E-state index in [1.807, 2.05) is 36.5 Å². The molecular formula is C16H20N2OS. The predicted octanol–water partition coefficient (Wildman–Crippen LogP) is 3.65. The molecule has 3 nitrogen and oxygen atoms in total. The number of hydrogen-bond acceptors (Lipinski definition) is 3. The first kappa shape index (κ1) is 14.6. The van der Waals surface area contributed by atoms with Crippen molar-refractivity contribution in [3.63, 3.8) is 0 Å². The fraction of sp³-hybridized carbons (Fsp3) is 0.312. The van der Waals surface area contributed by atoms with E-state index >= 15 is 0 Å². The van der Waals surface area contributed by atoms with Crippen LogP contribution in [0.3, 0.4) is 0 Å². The summed E-state index contributed by atoms with van der Waals surface area (Å²) in [5.74, 6) is -0.0519. The summed E-state index contributed by atoms with van der Waals surface area (Å²) in [7, 11) is 1.64. The van der Waals surface area contributed by atoms with Crippen LogP contribution in [0.5, 0.6) is 0 Å². The van der Waals surface area contributed by atoms with Crippen molar-refractivity contribution in [2.75, 3.05) is 12.4 Å². The Labute approximate surface area is 124 Å². The lowest BCUT2D eigenvalue weighted by atomic mass is 10.1. The Balaban J connectivity index is 2.10. The van der Waals surface area contributed by atoms with E-state index in [4.69, 9.17) is 0 Å². The summed E-state index contributed by atoms with van der Waals surface area (Å²) in [6.45, 7) is 7.11. The van der Waals surface area contributed by atoms with Crippen molar-refractivity contribution in [1.82, 2.24) is 5.32 Å². The van der Waals surface area contributed by atoms with E-state index in [1.54, 1.807) is 7.05 Å². The first-order valence-electron chi connectivity index (χ1n) is 6.63. The van der Waals surface area contributed by atoms with Gasteiger partial charge in [-0.3, -0.25) is 4.79 Å². The number of aryl methyl sites for hydroxylation is 3. The second kappa shape index (κ2) is 6.09. The van der Waals surface area contributed by atoms with Crippen LogP contribution in [0.15, 0.2) is 24.3 Å². The third kappa shape index (κ3) is 3.20. The summed E-state index contributed by atoms with van der Waals surface area (Å²) in [5, 5.41) is 6.08. The minimum Gasteiger partial charge on any atom is -0.381 e. The molecule has 106 valence electrons. The lowest BCUT2D eigenvalue weighted by Gasteiger charge is -2.11. The van der Waals surface area contributed by atoms with Gasteiger partial charge in [0.15, 0.2) is 0 Å². The Morgan fingerprint density at radius 3 is 2.50 bits per heavy atom. The number of rotatable bonds is 4. The lowest BCUT2D eigenvalue weighted by Crippen LogP contribution is -2.17. The maximum Gasteiger partial charge on any atom is 0.251 e. The van der Waals surface area contributed by atoms with Gasteiger partial charge in [0.2, 0.25) is 0 Å². The zero-order valence-electron chi connectivity index (χ0n) is 12.3. The highest BCUT2D eigenvalue weighted by molar-refractivity contribution is 7.12. The minimum absolute atomic E-state index is 0.0519. The topological polar surface area (TPSA) is 41.1 Å². The standard InChI is InChI=1S/C16H20N2OS/c1-10-7-13(16(19)17-4)5-6-15(10)18-9-14-8-11(2)20-12(14)3/h5-8,18H,9H2,1-4H3,(H,17,19). The molecule has 0 spiro atoms.